The van der Waals surface area contributed by atoms with Crippen LogP contribution < -0.4 is 11.1 Å². The Hall–Kier alpha value is -2.00. The van der Waals surface area contributed by atoms with Gasteiger partial charge in [-0.05, 0) is 37.1 Å². The van der Waals surface area contributed by atoms with E-state index in [1.807, 2.05) is 6.07 Å². The zero-order valence-electron chi connectivity index (χ0n) is 14.3. The lowest BCUT2D eigenvalue weighted by atomic mass is 9.94. The molecule has 1 saturated heterocycles. The number of ketones is 1. The Morgan fingerprint density at radius 1 is 1.38 bits per heavy atom. The van der Waals surface area contributed by atoms with Crippen molar-refractivity contribution in [3.05, 3.63) is 53.1 Å². The van der Waals surface area contributed by atoms with Gasteiger partial charge in [-0.25, -0.2) is 0 Å². The number of H-pyrrole nitrogens is 1. The molecule has 2 aromatic rings. The van der Waals surface area contributed by atoms with Gasteiger partial charge in [-0.15, -0.1) is 11.8 Å². The SMILES string of the molecule is N/C(=C(\SCNC(O)c1ccc[nH]1)C(=O)C1CCOCC1)c1ccco1. The van der Waals surface area contributed by atoms with E-state index < -0.39 is 6.23 Å². The van der Waals surface area contributed by atoms with E-state index in [0.717, 1.165) is 0 Å². The standard InChI is InChI=1S/C18H23N3O4S/c19-15(14-4-2-8-25-14)17(16(22)12-5-9-24-10-6-12)26-11-21-18(23)13-3-1-7-20-13/h1-4,7-8,12,18,20-21,23H,5-6,9-11,19H2/b17-15-. The number of allylic oxidation sites excluding steroid dienone is 1. The summed E-state index contributed by atoms with van der Waals surface area (Å²) in [5, 5.41) is 13.1. The van der Waals surface area contributed by atoms with E-state index in [9.17, 15) is 9.90 Å². The van der Waals surface area contributed by atoms with Crippen LogP contribution in [0, 0.1) is 5.92 Å². The van der Waals surface area contributed by atoms with Gasteiger partial charge in [0.25, 0.3) is 0 Å². The number of nitrogens with two attached hydrogens (primary N) is 1. The van der Waals surface area contributed by atoms with Crippen LogP contribution in [0.2, 0.25) is 0 Å². The highest BCUT2D eigenvalue weighted by molar-refractivity contribution is 8.04. The Balaban J connectivity index is 1.70. The molecular formula is C18H23N3O4S. The number of hydrogen-bond acceptors (Lipinski definition) is 7. The normalized spacial score (nSPS) is 17.7. The minimum absolute atomic E-state index is 0.00311. The molecule has 26 heavy (non-hydrogen) atoms. The third-order valence-corrected chi connectivity index (χ3v) is 5.28. The molecule has 0 aliphatic carbocycles. The summed E-state index contributed by atoms with van der Waals surface area (Å²) in [6.07, 6.45) is 3.79. The number of rotatable bonds is 8. The molecular weight excluding hydrogens is 354 g/mol. The Labute approximate surface area is 156 Å². The number of aromatic amines is 1. The second-order valence-corrected chi connectivity index (χ2v) is 6.98. The van der Waals surface area contributed by atoms with Crippen molar-refractivity contribution in [3.8, 4) is 0 Å². The number of carbonyl (C=O) groups is 1. The molecule has 0 bridgehead atoms. The fraction of sp³-hybridized carbons (Fsp3) is 0.389. The highest BCUT2D eigenvalue weighted by atomic mass is 32.2. The average molecular weight is 377 g/mol. The maximum Gasteiger partial charge on any atom is 0.174 e. The maximum absolute atomic E-state index is 13.0. The number of hydrogen-bond donors (Lipinski definition) is 4. The van der Waals surface area contributed by atoms with Crippen molar-refractivity contribution in [3.63, 3.8) is 0 Å². The maximum atomic E-state index is 13.0. The second-order valence-electron chi connectivity index (χ2n) is 5.99. The number of aliphatic hydroxyl groups excluding tert-OH is 1. The third-order valence-electron chi connectivity index (χ3n) is 4.26. The van der Waals surface area contributed by atoms with E-state index >= 15 is 0 Å². The Kier molecular flexibility index (Phi) is 6.56. The number of aliphatic hydroxyl groups is 1. The van der Waals surface area contributed by atoms with Gasteiger partial charge in [0.15, 0.2) is 11.5 Å². The van der Waals surface area contributed by atoms with Gasteiger partial charge in [-0.1, -0.05) is 0 Å². The van der Waals surface area contributed by atoms with E-state index in [-0.39, 0.29) is 11.7 Å². The van der Waals surface area contributed by atoms with Crippen molar-refractivity contribution in [1.29, 1.82) is 0 Å². The molecule has 0 spiro atoms. The molecule has 1 aliphatic heterocycles. The number of carbonyl (C=O) groups excluding carboxylic acids is 1. The number of Topliss-reactive ketones (excluding diaryl/α,β-unsaturated/α-hetero) is 1. The largest absolute Gasteiger partial charge is 0.463 e. The van der Waals surface area contributed by atoms with Gasteiger partial charge in [-0.2, -0.15) is 0 Å². The fourth-order valence-corrected chi connectivity index (χ4v) is 3.74. The van der Waals surface area contributed by atoms with Crippen molar-refractivity contribution in [2.75, 3.05) is 19.1 Å². The number of thioether (sulfide) groups is 1. The van der Waals surface area contributed by atoms with Crippen LogP contribution in [0.25, 0.3) is 5.70 Å². The van der Waals surface area contributed by atoms with Crippen molar-refractivity contribution >= 4 is 23.2 Å². The summed E-state index contributed by atoms with van der Waals surface area (Å²) in [4.78, 5) is 16.4. The molecule has 7 nitrogen and oxygen atoms in total. The highest BCUT2D eigenvalue weighted by Crippen LogP contribution is 2.30. The highest BCUT2D eigenvalue weighted by Gasteiger charge is 2.27. The number of furan rings is 1. The van der Waals surface area contributed by atoms with Gasteiger partial charge in [0.05, 0.1) is 22.6 Å². The van der Waals surface area contributed by atoms with Crippen LogP contribution in [0.4, 0.5) is 0 Å². The third kappa shape index (κ3) is 4.59. The van der Waals surface area contributed by atoms with Crippen LogP contribution >= 0.6 is 11.8 Å². The molecule has 3 heterocycles. The van der Waals surface area contributed by atoms with Crippen LogP contribution in [0.15, 0.2) is 46.0 Å². The van der Waals surface area contributed by atoms with Gasteiger partial charge < -0.3 is 25.0 Å². The first-order chi connectivity index (χ1) is 12.7. The van der Waals surface area contributed by atoms with Crippen molar-refractivity contribution < 1.29 is 19.1 Å². The number of nitrogens with one attached hydrogen (secondary N) is 2. The minimum Gasteiger partial charge on any atom is -0.463 e. The quantitative estimate of drug-likeness (QED) is 0.412. The van der Waals surface area contributed by atoms with E-state index in [4.69, 9.17) is 14.9 Å². The first-order valence-corrected chi connectivity index (χ1v) is 9.48. The summed E-state index contributed by atoms with van der Waals surface area (Å²) in [5.74, 6) is 0.695. The average Bonchev–Trinajstić information content (AvgIpc) is 3.39. The summed E-state index contributed by atoms with van der Waals surface area (Å²) in [5.41, 5.74) is 7.20. The van der Waals surface area contributed by atoms with Crippen LogP contribution in [0.3, 0.4) is 0 Å². The van der Waals surface area contributed by atoms with E-state index in [2.05, 4.69) is 10.3 Å². The summed E-state index contributed by atoms with van der Waals surface area (Å²) < 4.78 is 10.7. The molecule has 3 rings (SSSR count). The van der Waals surface area contributed by atoms with Gasteiger partial charge in [-0.3, -0.25) is 10.1 Å². The monoisotopic (exact) mass is 377 g/mol. The molecule has 0 amide bonds. The first-order valence-electron chi connectivity index (χ1n) is 8.50. The number of ether oxygens (including phenoxy) is 1. The lowest BCUT2D eigenvalue weighted by molar-refractivity contribution is -0.121. The van der Waals surface area contributed by atoms with E-state index in [1.54, 1.807) is 24.4 Å². The van der Waals surface area contributed by atoms with Crippen molar-refractivity contribution in [2.45, 2.75) is 19.1 Å². The molecule has 5 N–H and O–H groups in total. The summed E-state index contributed by atoms with van der Waals surface area (Å²) in [7, 11) is 0. The Morgan fingerprint density at radius 3 is 2.85 bits per heavy atom. The summed E-state index contributed by atoms with van der Waals surface area (Å²) in [6, 6.07) is 7.05. The smallest absolute Gasteiger partial charge is 0.174 e. The molecule has 0 aromatic carbocycles. The molecule has 1 aliphatic rings. The molecule has 1 atom stereocenters. The van der Waals surface area contributed by atoms with Gasteiger partial charge in [0, 0.05) is 31.2 Å². The fourth-order valence-electron chi connectivity index (χ4n) is 2.79. The van der Waals surface area contributed by atoms with Gasteiger partial charge in [0.1, 0.15) is 6.23 Å². The Bertz CT molecular complexity index is 722. The minimum atomic E-state index is -0.846. The molecule has 140 valence electrons. The van der Waals surface area contributed by atoms with E-state index in [0.29, 0.717) is 54.0 Å². The topological polar surface area (TPSA) is 114 Å². The van der Waals surface area contributed by atoms with Crippen LogP contribution in [0.5, 0.6) is 0 Å². The zero-order valence-corrected chi connectivity index (χ0v) is 15.1. The van der Waals surface area contributed by atoms with E-state index in [1.165, 1.54) is 18.0 Å². The van der Waals surface area contributed by atoms with Crippen molar-refractivity contribution in [2.24, 2.45) is 11.7 Å². The molecule has 8 heteroatoms. The predicted octanol–water partition coefficient (Wildman–Crippen LogP) is 2.20. The molecule has 0 radical (unpaired) electrons. The summed E-state index contributed by atoms with van der Waals surface area (Å²) in [6.45, 7) is 1.16. The lowest BCUT2D eigenvalue weighted by Crippen LogP contribution is -2.26. The number of aromatic nitrogens is 1. The molecule has 1 fully saturated rings. The lowest BCUT2D eigenvalue weighted by Gasteiger charge is -2.22. The van der Waals surface area contributed by atoms with Crippen LogP contribution in [-0.4, -0.2) is 35.0 Å². The van der Waals surface area contributed by atoms with Crippen LogP contribution in [-0.2, 0) is 9.53 Å². The predicted molar refractivity (Wildman–Crippen MR) is 99.7 cm³/mol. The first kappa shape index (κ1) is 18.8. The second kappa shape index (κ2) is 9.09. The molecule has 2 aromatic heterocycles. The van der Waals surface area contributed by atoms with Gasteiger partial charge >= 0.3 is 0 Å². The van der Waals surface area contributed by atoms with Crippen molar-refractivity contribution in [1.82, 2.24) is 10.3 Å². The Morgan fingerprint density at radius 2 is 2.19 bits per heavy atom. The summed E-state index contributed by atoms with van der Waals surface area (Å²) >= 11 is 1.27. The molecule has 0 saturated carbocycles. The van der Waals surface area contributed by atoms with Gasteiger partial charge in [0.2, 0.25) is 0 Å². The molecule has 1 unspecified atom stereocenters. The van der Waals surface area contributed by atoms with Crippen LogP contribution in [0.1, 0.15) is 30.5 Å². The zero-order chi connectivity index (χ0) is 18.4.